The minimum atomic E-state index is 0.192. The van der Waals surface area contributed by atoms with Crippen LogP contribution >= 0.6 is 0 Å². The molecule has 0 aromatic heterocycles. The zero-order valence-corrected chi connectivity index (χ0v) is 9.59. The van der Waals surface area contributed by atoms with E-state index in [0.29, 0.717) is 6.04 Å². The van der Waals surface area contributed by atoms with Crippen molar-refractivity contribution >= 4 is 0 Å². The van der Waals surface area contributed by atoms with Gasteiger partial charge in [0, 0.05) is 12.6 Å². The van der Waals surface area contributed by atoms with E-state index < -0.39 is 0 Å². The molecule has 1 rings (SSSR count). The van der Waals surface area contributed by atoms with Crippen molar-refractivity contribution in [2.24, 2.45) is 5.92 Å². The molecule has 3 unspecified atom stereocenters. The average Bonchev–Trinajstić information content (AvgIpc) is 2.17. The van der Waals surface area contributed by atoms with Crippen molar-refractivity contribution in [2.45, 2.75) is 38.8 Å². The summed E-state index contributed by atoms with van der Waals surface area (Å²) in [5, 5.41) is 3.46. The third-order valence-electron chi connectivity index (χ3n) is 3.13. The minimum Gasteiger partial charge on any atom is -0.306 e. The lowest BCUT2D eigenvalue weighted by Crippen LogP contribution is -2.45. The zero-order valence-electron chi connectivity index (χ0n) is 9.59. The van der Waals surface area contributed by atoms with Crippen LogP contribution in [0.3, 0.4) is 0 Å². The van der Waals surface area contributed by atoms with Crippen LogP contribution in [0.2, 0.25) is 0 Å². The van der Waals surface area contributed by atoms with Crippen LogP contribution in [-0.2, 0) is 0 Å². The van der Waals surface area contributed by atoms with E-state index in [2.05, 4.69) is 30.1 Å². The first kappa shape index (κ1) is 11.6. The Balaban J connectivity index is 2.36. The molecule has 80 valence electrons. The Morgan fingerprint density at radius 3 is 2.79 bits per heavy atom. The minimum absolute atomic E-state index is 0.192. The average molecular weight is 194 g/mol. The van der Waals surface area contributed by atoms with Gasteiger partial charge >= 0.3 is 0 Å². The molecular formula is C12H22N2. The maximum atomic E-state index is 5.35. The number of nitrogens with one attached hydrogen (secondary N) is 1. The van der Waals surface area contributed by atoms with E-state index in [0.717, 1.165) is 5.92 Å². The van der Waals surface area contributed by atoms with Crippen molar-refractivity contribution in [3.63, 3.8) is 0 Å². The van der Waals surface area contributed by atoms with Crippen molar-refractivity contribution in [3.8, 4) is 12.3 Å². The lowest BCUT2D eigenvalue weighted by molar-refractivity contribution is 0.177. The second-order valence-corrected chi connectivity index (χ2v) is 4.51. The number of terminal acetylenes is 1. The third kappa shape index (κ3) is 3.32. The number of hydrogen-bond donors (Lipinski definition) is 1. The van der Waals surface area contributed by atoms with E-state index in [-0.39, 0.29) is 6.04 Å². The summed E-state index contributed by atoms with van der Waals surface area (Å²) in [6.45, 7) is 6.74. The standard InChI is InChI=1S/C12H22N2/c1-5-10(2)13-11(3)12-7-6-8-14(4)9-12/h1,10-13H,6-9H2,2-4H3. The maximum Gasteiger partial charge on any atom is 0.0660 e. The van der Waals surface area contributed by atoms with E-state index in [9.17, 15) is 0 Å². The molecule has 1 aliphatic heterocycles. The predicted molar refractivity (Wildman–Crippen MR) is 61.1 cm³/mol. The van der Waals surface area contributed by atoms with E-state index in [4.69, 9.17) is 6.42 Å². The molecule has 0 aromatic carbocycles. The Bertz CT molecular complexity index is 207. The number of rotatable bonds is 3. The molecule has 1 N–H and O–H groups in total. The van der Waals surface area contributed by atoms with Gasteiger partial charge in [0.15, 0.2) is 0 Å². The fourth-order valence-electron chi connectivity index (χ4n) is 2.19. The Kier molecular flexibility index (Phi) is 4.44. The van der Waals surface area contributed by atoms with Crippen LogP contribution < -0.4 is 5.32 Å². The molecule has 0 bridgehead atoms. The molecule has 0 saturated carbocycles. The van der Waals surface area contributed by atoms with Crippen LogP contribution in [-0.4, -0.2) is 37.1 Å². The third-order valence-corrected chi connectivity index (χ3v) is 3.13. The lowest BCUT2D eigenvalue weighted by Gasteiger charge is -2.34. The largest absolute Gasteiger partial charge is 0.306 e. The van der Waals surface area contributed by atoms with Gasteiger partial charge in [-0.3, -0.25) is 0 Å². The summed E-state index contributed by atoms with van der Waals surface area (Å²) in [6, 6.07) is 0.723. The summed E-state index contributed by atoms with van der Waals surface area (Å²) < 4.78 is 0. The smallest absolute Gasteiger partial charge is 0.0660 e. The molecule has 0 amide bonds. The number of likely N-dealkylation sites (tertiary alicyclic amines) is 1. The first-order valence-corrected chi connectivity index (χ1v) is 5.54. The second kappa shape index (κ2) is 5.38. The summed E-state index contributed by atoms with van der Waals surface area (Å²) in [5.74, 6) is 3.48. The second-order valence-electron chi connectivity index (χ2n) is 4.51. The number of nitrogens with zero attached hydrogens (tertiary/aromatic N) is 1. The van der Waals surface area contributed by atoms with E-state index in [1.807, 2.05) is 6.92 Å². The predicted octanol–water partition coefficient (Wildman–Crippen LogP) is 1.33. The summed E-state index contributed by atoms with van der Waals surface area (Å²) in [4.78, 5) is 2.41. The van der Waals surface area contributed by atoms with E-state index in [1.165, 1.54) is 25.9 Å². The van der Waals surface area contributed by atoms with E-state index >= 15 is 0 Å². The van der Waals surface area contributed by atoms with Crippen molar-refractivity contribution in [1.82, 2.24) is 10.2 Å². The van der Waals surface area contributed by atoms with Crippen LogP contribution in [0, 0.1) is 18.3 Å². The molecule has 0 radical (unpaired) electrons. The van der Waals surface area contributed by atoms with Crippen LogP contribution in [0.1, 0.15) is 26.7 Å². The van der Waals surface area contributed by atoms with Gasteiger partial charge in [-0.15, -0.1) is 6.42 Å². The molecule has 0 aliphatic carbocycles. The van der Waals surface area contributed by atoms with Crippen molar-refractivity contribution in [1.29, 1.82) is 0 Å². The van der Waals surface area contributed by atoms with Gasteiger partial charge in [0.2, 0.25) is 0 Å². The molecule has 0 aromatic rings. The van der Waals surface area contributed by atoms with Crippen LogP contribution in [0.25, 0.3) is 0 Å². The summed E-state index contributed by atoms with van der Waals surface area (Å²) >= 11 is 0. The van der Waals surface area contributed by atoms with Gasteiger partial charge in [-0.25, -0.2) is 0 Å². The van der Waals surface area contributed by atoms with Crippen LogP contribution in [0.4, 0.5) is 0 Å². The topological polar surface area (TPSA) is 15.3 Å². The van der Waals surface area contributed by atoms with Gasteiger partial charge in [0.05, 0.1) is 6.04 Å². The monoisotopic (exact) mass is 194 g/mol. The Morgan fingerprint density at radius 2 is 2.21 bits per heavy atom. The van der Waals surface area contributed by atoms with Crippen LogP contribution in [0.15, 0.2) is 0 Å². The Labute approximate surface area is 88.1 Å². The molecule has 2 nitrogen and oxygen atoms in total. The van der Waals surface area contributed by atoms with Gasteiger partial charge in [-0.2, -0.15) is 0 Å². The van der Waals surface area contributed by atoms with Crippen LogP contribution in [0.5, 0.6) is 0 Å². The number of piperidine rings is 1. The summed E-state index contributed by atoms with van der Waals surface area (Å²) in [7, 11) is 2.20. The van der Waals surface area contributed by atoms with Gasteiger partial charge in [-0.05, 0) is 46.2 Å². The Morgan fingerprint density at radius 1 is 1.50 bits per heavy atom. The first-order chi connectivity index (χ1) is 6.63. The molecule has 0 spiro atoms. The summed E-state index contributed by atoms with van der Waals surface area (Å²) in [5.41, 5.74) is 0. The molecular weight excluding hydrogens is 172 g/mol. The van der Waals surface area contributed by atoms with Gasteiger partial charge in [0.25, 0.3) is 0 Å². The number of hydrogen-bond acceptors (Lipinski definition) is 2. The molecule has 1 saturated heterocycles. The van der Waals surface area contributed by atoms with Crippen molar-refractivity contribution < 1.29 is 0 Å². The normalized spacial score (nSPS) is 28.0. The molecule has 14 heavy (non-hydrogen) atoms. The molecule has 3 atom stereocenters. The molecule has 2 heteroatoms. The molecule has 1 heterocycles. The zero-order chi connectivity index (χ0) is 10.6. The fraction of sp³-hybridized carbons (Fsp3) is 0.833. The van der Waals surface area contributed by atoms with E-state index in [1.54, 1.807) is 0 Å². The van der Waals surface area contributed by atoms with Crippen molar-refractivity contribution in [2.75, 3.05) is 20.1 Å². The fourth-order valence-corrected chi connectivity index (χ4v) is 2.19. The van der Waals surface area contributed by atoms with Crippen molar-refractivity contribution in [3.05, 3.63) is 0 Å². The SMILES string of the molecule is C#CC(C)NC(C)C1CCCN(C)C1. The van der Waals surface area contributed by atoms with Gasteiger partial charge in [0.1, 0.15) is 0 Å². The highest BCUT2D eigenvalue weighted by molar-refractivity contribution is 4.97. The van der Waals surface area contributed by atoms with Gasteiger partial charge < -0.3 is 10.2 Å². The first-order valence-electron chi connectivity index (χ1n) is 5.54. The quantitative estimate of drug-likeness (QED) is 0.682. The summed E-state index contributed by atoms with van der Waals surface area (Å²) in [6.07, 6.45) is 8.00. The highest BCUT2D eigenvalue weighted by atomic mass is 15.1. The highest BCUT2D eigenvalue weighted by Crippen LogP contribution is 2.18. The highest BCUT2D eigenvalue weighted by Gasteiger charge is 2.22. The Hall–Kier alpha value is -0.520. The van der Waals surface area contributed by atoms with Gasteiger partial charge in [-0.1, -0.05) is 5.92 Å². The molecule has 1 aliphatic rings. The molecule has 1 fully saturated rings. The lowest BCUT2D eigenvalue weighted by atomic mass is 9.91. The maximum absolute atomic E-state index is 5.35.